The average molecular weight is 496 g/mol. The van der Waals surface area contributed by atoms with Gasteiger partial charge in [-0.2, -0.15) is 5.26 Å². The molecule has 1 N–H and O–H groups in total. The Morgan fingerprint density at radius 3 is 2.49 bits per heavy atom. The summed E-state index contributed by atoms with van der Waals surface area (Å²) < 4.78 is 6.14. The second-order valence-corrected chi connectivity index (χ2v) is 9.46. The summed E-state index contributed by atoms with van der Waals surface area (Å²) in [4.78, 5) is 10.9. The molecule has 1 atom stereocenters. The highest BCUT2D eigenvalue weighted by Gasteiger charge is 2.09. The van der Waals surface area contributed by atoms with Gasteiger partial charge in [-0.1, -0.05) is 79.2 Å². The Kier molecular flexibility index (Phi) is 12.0. The summed E-state index contributed by atoms with van der Waals surface area (Å²) in [6.07, 6.45) is 12.2. The quantitative estimate of drug-likeness (QED) is 0.205. The third-order valence-corrected chi connectivity index (χ3v) is 6.45. The standard InChI is InChI=1S/C33H37NO3/c34-26-30-17-11-16-29(25-30)24-28(15-6-9-20-33(35)36)21-22-31-18-7-8-19-32(31)37-23-10-2-5-14-27-12-3-1-4-13-27/h1,3-4,7-8,11-13,16-19,21-22,25,28H,2,5-6,9-10,14-15,20,23-24H2,(H,35,36). The molecule has 0 bridgehead atoms. The van der Waals surface area contributed by atoms with Crippen molar-refractivity contribution in [1.29, 1.82) is 5.26 Å². The number of ether oxygens (including phenoxy) is 1. The first-order valence-corrected chi connectivity index (χ1v) is 13.3. The Hall–Kier alpha value is -3.84. The van der Waals surface area contributed by atoms with Crippen LogP contribution in [0.2, 0.25) is 0 Å². The van der Waals surface area contributed by atoms with Gasteiger partial charge in [0.05, 0.1) is 18.2 Å². The smallest absolute Gasteiger partial charge is 0.303 e. The summed E-state index contributed by atoms with van der Waals surface area (Å²) in [7, 11) is 0. The highest BCUT2D eigenvalue weighted by Crippen LogP contribution is 2.24. The fourth-order valence-corrected chi connectivity index (χ4v) is 4.44. The summed E-state index contributed by atoms with van der Waals surface area (Å²) in [5.41, 5.74) is 4.21. The number of allylic oxidation sites excluding steroid dienone is 1. The first kappa shape index (κ1) is 27.7. The number of aryl methyl sites for hydroxylation is 1. The Morgan fingerprint density at radius 2 is 1.68 bits per heavy atom. The Bertz CT molecular complexity index is 1160. The lowest BCUT2D eigenvalue weighted by Crippen LogP contribution is -2.03. The molecule has 0 aliphatic rings. The number of nitriles is 1. The van der Waals surface area contributed by atoms with Crippen molar-refractivity contribution in [1.82, 2.24) is 0 Å². The van der Waals surface area contributed by atoms with E-state index >= 15 is 0 Å². The zero-order valence-electron chi connectivity index (χ0n) is 21.5. The van der Waals surface area contributed by atoms with E-state index in [1.165, 1.54) is 5.56 Å². The van der Waals surface area contributed by atoms with Crippen molar-refractivity contribution in [3.05, 3.63) is 107 Å². The fraction of sp³-hybridized carbons (Fsp3) is 0.333. The molecule has 3 rings (SSSR count). The van der Waals surface area contributed by atoms with Gasteiger partial charge in [0, 0.05) is 12.0 Å². The molecule has 0 aromatic heterocycles. The van der Waals surface area contributed by atoms with Gasteiger partial charge in [-0.05, 0) is 80.2 Å². The van der Waals surface area contributed by atoms with Crippen LogP contribution in [0.4, 0.5) is 0 Å². The first-order chi connectivity index (χ1) is 18.1. The van der Waals surface area contributed by atoms with E-state index in [1.54, 1.807) is 0 Å². The molecule has 0 radical (unpaired) electrons. The maximum absolute atomic E-state index is 10.9. The van der Waals surface area contributed by atoms with Gasteiger partial charge < -0.3 is 9.84 Å². The summed E-state index contributed by atoms with van der Waals surface area (Å²) in [6.45, 7) is 0.694. The third-order valence-electron chi connectivity index (χ3n) is 6.45. The van der Waals surface area contributed by atoms with Gasteiger partial charge in [0.25, 0.3) is 0 Å². The summed E-state index contributed by atoms with van der Waals surface area (Å²) >= 11 is 0. The molecule has 0 aliphatic heterocycles. The Labute approximate surface area is 221 Å². The number of nitrogens with zero attached hydrogens (tertiary/aromatic N) is 1. The monoisotopic (exact) mass is 495 g/mol. The number of carboxylic acid groups (broad SMARTS) is 1. The van der Waals surface area contributed by atoms with Gasteiger partial charge >= 0.3 is 5.97 Å². The van der Waals surface area contributed by atoms with Crippen LogP contribution in [-0.2, 0) is 17.6 Å². The minimum atomic E-state index is -0.750. The maximum Gasteiger partial charge on any atom is 0.303 e. The zero-order valence-corrected chi connectivity index (χ0v) is 21.5. The largest absolute Gasteiger partial charge is 0.493 e. The van der Waals surface area contributed by atoms with Gasteiger partial charge in [0.1, 0.15) is 5.75 Å². The van der Waals surface area contributed by atoms with E-state index in [-0.39, 0.29) is 12.3 Å². The molecule has 4 heteroatoms. The second kappa shape index (κ2) is 16.0. The molecule has 37 heavy (non-hydrogen) atoms. The van der Waals surface area contributed by atoms with Crippen molar-refractivity contribution in [2.24, 2.45) is 5.92 Å². The van der Waals surface area contributed by atoms with E-state index < -0.39 is 5.97 Å². The van der Waals surface area contributed by atoms with Crippen LogP contribution >= 0.6 is 0 Å². The SMILES string of the molecule is N#Cc1cccc(CC(C=Cc2ccccc2OCCCCCc2ccccc2)CCCCC(=O)O)c1. The van der Waals surface area contributed by atoms with Gasteiger partial charge in [0.15, 0.2) is 0 Å². The molecule has 0 amide bonds. The maximum atomic E-state index is 10.9. The number of unbranched alkanes of at least 4 members (excludes halogenated alkanes) is 3. The fourth-order valence-electron chi connectivity index (χ4n) is 4.44. The van der Waals surface area contributed by atoms with Gasteiger partial charge in [-0.3, -0.25) is 4.79 Å². The van der Waals surface area contributed by atoms with Crippen LogP contribution in [0.25, 0.3) is 6.08 Å². The number of benzene rings is 3. The number of para-hydroxylation sites is 1. The van der Waals surface area contributed by atoms with E-state index in [1.807, 2.05) is 42.5 Å². The summed E-state index contributed by atoms with van der Waals surface area (Å²) in [5, 5.41) is 18.2. The first-order valence-electron chi connectivity index (χ1n) is 13.3. The van der Waals surface area contributed by atoms with Crippen LogP contribution in [0.15, 0.2) is 84.9 Å². The minimum absolute atomic E-state index is 0.197. The lowest BCUT2D eigenvalue weighted by atomic mass is 9.92. The average Bonchev–Trinajstić information content (AvgIpc) is 2.92. The predicted molar refractivity (Wildman–Crippen MR) is 149 cm³/mol. The van der Waals surface area contributed by atoms with Crippen LogP contribution in [0.5, 0.6) is 5.75 Å². The molecule has 0 saturated carbocycles. The second-order valence-electron chi connectivity index (χ2n) is 9.46. The van der Waals surface area contributed by atoms with E-state index in [0.717, 1.165) is 61.8 Å². The normalized spacial score (nSPS) is 11.8. The minimum Gasteiger partial charge on any atom is -0.493 e. The van der Waals surface area contributed by atoms with Crippen molar-refractivity contribution in [2.75, 3.05) is 6.61 Å². The van der Waals surface area contributed by atoms with Crippen molar-refractivity contribution in [3.63, 3.8) is 0 Å². The highest BCUT2D eigenvalue weighted by molar-refractivity contribution is 5.66. The summed E-state index contributed by atoms with van der Waals surface area (Å²) in [5.74, 6) is 0.381. The van der Waals surface area contributed by atoms with E-state index in [0.29, 0.717) is 18.6 Å². The number of aliphatic carboxylic acids is 1. The number of hydrogen-bond donors (Lipinski definition) is 1. The van der Waals surface area contributed by atoms with Gasteiger partial charge in [-0.15, -0.1) is 0 Å². The van der Waals surface area contributed by atoms with Gasteiger partial charge in [0.2, 0.25) is 0 Å². The lowest BCUT2D eigenvalue weighted by molar-refractivity contribution is -0.137. The molecular weight excluding hydrogens is 458 g/mol. The molecule has 4 nitrogen and oxygen atoms in total. The molecular formula is C33H37NO3. The number of hydrogen-bond acceptors (Lipinski definition) is 3. The molecule has 1 unspecified atom stereocenters. The molecule has 0 fully saturated rings. The number of carboxylic acids is 1. The molecule has 3 aromatic carbocycles. The molecule has 0 aliphatic carbocycles. The molecule has 3 aromatic rings. The predicted octanol–water partition coefficient (Wildman–Crippen LogP) is 7.87. The van der Waals surface area contributed by atoms with E-state index in [2.05, 4.69) is 54.6 Å². The van der Waals surface area contributed by atoms with Gasteiger partial charge in [-0.25, -0.2) is 0 Å². The molecule has 0 heterocycles. The highest BCUT2D eigenvalue weighted by atomic mass is 16.5. The van der Waals surface area contributed by atoms with Crippen molar-refractivity contribution in [2.45, 2.75) is 57.8 Å². The third kappa shape index (κ3) is 10.8. The van der Waals surface area contributed by atoms with E-state index in [9.17, 15) is 10.1 Å². The van der Waals surface area contributed by atoms with Crippen molar-refractivity contribution >= 4 is 12.0 Å². The Morgan fingerprint density at radius 1 is 0.892 bits per heavy atom. The van der Waals surface area contributed by atoms with Crippen molar-refractivity contribution < 1.29 is 14.6 Å². The topological polar surface area (TPSA) is 70.3 Å². The molecule has 0 saturated heterocycles. The van der Waals surface area contributed by atoms with Crippen LogP contribution in [0.1, 0.15) is 67.2 Å². The number of rotatable bonds is 16. The van der Waals surface area contributed by atoms with E-state index in [4.69, 9.17) is 9.84 Å². The van der Waals surface area contributed by atoms with Crippen LogP contribution in [-0.4, -0.2) is 17.7 Å². The van der Waals surface area contributed by atoms with Crippen molar-refractivity contribution in [3.8, 4) is 11.8 Å². The van der Waals surface area contributed by atoms with Crippen LogP contribution in [0, 0.1) is 17.2 Å². The number of carbonyl (C=O) groups is 1. The Balaban J connectivity index is 1.55. The lowest BCUT2D eigenvalue weighted by Gasteiger charge is -2.14. The zero-order chi connectivity index (χ0) is 26.1. The summed E-state index contributed by atoms with van der Waals surface area (Å²) in [6, 6.07) is 28.6. The molecule has 192 valence electrons. The van der Waals surface area contributed by atoms with Crippen LogP contribution < -0.4 is 4.74 Å². The van der Waals surface area contributed by atoms with Crippen LogP contribution in [0.3, 0.4) is 0 Å². The molecule has 0 spiro atoms.